The third-order valence-corrected chi connectivity index (χ3v) is 2.98. The first-order valence-electron chi connectivity index (χ1n) is 6.36. The number of methoxy groups -OCH3 is 3. The van der Waals surface area contributed by atoms with Crippen molar-refractivity contribution in [2.75, 3.05) is 34.5 Å². The summed E-state index contributed by atoms with van der Waals surface area (Å²) in [6.07, 6.45) is 0.611. The Morgan fingerprint density at radius 1 is 1.11 bits per heavy atom. The zero-order chi connectivity index (χ0) is 14.3. The summed E-state index contributed by atoms with van der Waals surface area (Å²) in [7, 11) is 4.77. The van der Waals surface area contributed by atoms with Crippen LogP contribution in [0.4, 0.5) is 0 Å². The normalized spacial score (nSPS) is 12.1. The van der Waals surface area contributed by atoms with Gasteiger partial charge in [-0.1, -0.05) is 6.92 Å². The number of ether oxygens (including phenoxy) is 3. The maximum Gasteiger partial charge on any atom is 0.203 e. The topological polar surface area (TPSA) is 60.0 Å². The van der Waals surface area contributed by atoms with Crippen molar-refractivity contribution < 1.29 is 19.3 Å². The highest BCUT2D eigenvalue weighted by molar-refractivity contribution is 5.56. The molecule has 1 aromatic carbocycles. The maximum atomic E-state index is 9.18. The highest BCUT2D eigenvalue weighted by atomic mass is 16.5. The van der Waals surface area contributed by atoms with Crippen LogP contribution in [0.5, 0.6) is 17.2 Å². The van der Waals surface area contributed by atoms with Gasteiger partial charge in [-0.2, -0.15) is 0 Å². The molecule has 0 radical (unpaired) electrons. The van der Waals surface area contributed by atoms with Crippen LogP contribution in [0.1, 0.15) is 24.9 Å². The minimum atomic E-state index is 0.0183. The maximum absolute atomic E-state index is 9.18. The first-order valence-corrected chi connectivity index (χ1v) is 6.36. The molecule has 0 bridgehead atoms. The monoisotopic (exact) mass is 269 g/mol. The number of hydrogen-bond acceptors (Lipinski definition) is 5. The predicted molar refractivity (Wildman–Crippen MR) is 74.2 cm³/mol. The summed E-state index contributed by atoms with van der Waals surface area (Å²) in [5.41, 5.74) is 0.955. The Hall–Kier alpha value is -1.46. The van der Waals surface area contributed by atoms with Crippen LogP contribution in [-0.2, 0) is 0 Å². The molecule has 0 aliphatic rings. The molecule has 1 unspecified atom stereocenters. The number of benzene rings is 1. The molecule has 5 heteroatoms. The molecule has 0 fully saturated rings. The average molecular weight is 269 g/mol. The van der Waals surface area contributed by atoms with Gasteiger partial charge in [0.25, 0.3) is 0 Å². The molecule has 0 aliphatic carbocycles. The molecule has 1 rings (SSSR count). The van der Waals surface area contributed by atoms with E-state index in [2.05, 4.69) is 5.32 Å². The summed E-state index contributed by atoms with van der Waals surface area (Å²) in [5.74, 6) is 1.84. The Morgan fingerprint density at radius 3 is 2.26 bits per heavy atom. The van der Waals surface area contributed by atoms with Gasteiger partial charge in [0.05, 0.1) is 21.3 Å². The third-order valence-electron chi connectivity index (χ3n) is 2.98. The summed E-state index contributed by atoms with van der Waals surface area (Å²) in [4.78, 5) is 0. The van der Waals surface area contributed by atoms with Crippen LogP contribution in [0, 0.1) is 0 Å². The molecule has 2 N–H and O–H groups in total. The highest BCUT2D eigenvalue weighted by Gasteiger charge is 2.21. The van der Waals surface area contributed by atoms with Crippen LogP contribution in [0.3, 0.4) is 0 Å². The Kier molecular flexibility index (Phi) is 6.45. The van der Waals surface area contributed by atoms with E-state index in [0.717, 1.165) is 12.1 Å². The Morgan fingerprint density at radius 2 is 1.79 bits per heavy atom. The molecule has 0 heterocycles. The van der Waals surface area contributed by atoms with Gasteiger partial charge in [0, 0.05) is 18.2 Å². The smallest absolute Gasteiger partial charge is 0.203 e. The van der Waals surface area contributed by atoms with Crippen molar-refractivity contribution in [3.63, 3.8) is 0 Å². The van der Waals surface area contributed by atoms with Crippen molar-refractivity contribution in [2.24, 2.45) is 0 Å². The summed E-state index contributed by atoms with van der Waals surface area (Å²) in [5, 5.41) is 12.5. The number of rotatable bonds is 8. The van der Waals surface area contributed by atoms with Crippen molar-refractivity contribution in [3.8, 4) is 17.2 Å². The average Bonchev–Trinajstić information content (AvgIpc) is 2.45. The summed E-state index contributed by atoms with van der Waals surface area (Å²) in [6, 6.07) is 3.80. The lowest BCUT2D eigenvalue weighted by Gasteiger charge is -2.22. The van der Waals surface area contributed by atoms with Crippen LogP contribution < -0.4 is 19.5 Å². The molecule has 1 atom stereocenters. The molecular formula is C14H23NO4. The molecule has 0 spiro atoms. The molecule has 0 aliphatic heterocycles. The van der Waals surface area contributed by atoms with Gasteiger partial charge in [-0.3, -0.25) is 0 Å². The van der Waals surface area contributed by atoms with Gasteiger partial charge < -0.3 is 24.6 Å². The number of aliphatic hydroxyl groups is 1. The van der Waals surface area contributed by atoms with Crippen molar-refractivity contribution in [1.29, 1.82) is 0 Å². The van der Waals surface area contributed by atoms with Crippen LogP contribution in [0.25, 0.3) is 0 Å². The molecule has 108 valence electrons. The van der Waals surface area contributed by atoms with Gasteiger partial charge >= 0.3 is 0 Å². The molecular weight excluding hydrogens is 246 g/mol. The third kappa shape index (κ3) is 3.52. The van der Waals surface area contributed by atoms with Crippen molar-refractivity contribution >= 4 is 0 Å². The van der Waals surface area contributed by atoms with Crippen LogP contribution in [-0.4, -0.2) is 39.6 Å². The summed E-state index contributed by atoms with van der Waals surface area (Å²) in [6.45, 7) is 2.94. The van der Waals surface area contributed by atoms with Crippen LogP contribution >= 0.6 is 0 Å². The van der Waals surface area contributed by atoms with E-state index < -0.39 is 0 Å². The Labute approximate surface area is 114 Å². The second-order valence-electron chi connectivity index (χ2n) is 4.05. The lowest BCUT2D eigenvalue weighted by atomic mass is 10.0. The van der Waals surface area contributed by atoms with Gasteiger partial charge in [-0.05, 0) is 25.1 Å². The SMILES string of the molecule is CCNC(CCO)c1ccc(OC)c(OC)c1OC. The molecule has 0 saturated carbocycles. The minimum Gasteiger partial charge on any atom is -0.493 e. The molecule has 0 saturated heterocycles. The summed E-state index contributed by atoms with van der Waals surface area (Å²) < 4.78 is 16.1. The molecule has 0 amide bonds. The second-order valence-corrected chi connectivity index (χ2v) is 4.05. The van der Waals surface area contributed by atoms with E-state index in [-0.39, 0.29) is 12.6 Å². The van der Waals surface area contributed by atoms with E-state index in [9.17, 15) is 5.11 Å². The quantitative estimate of drug-likeness (QED) is 0.753. The van der Waals surface area contributed by atoms with E-state index in [1.54, 1.807) is 21.3 Å². The van der Waals surface area contributed by atoms with Gasteiger partial charge in [0.1, 0.15) is 0 Å². The van der Waals surface area contributed by atoms with Gasteiger partial charge in [-0.15, -0.1) is 0 Å². The Bertz CT molecular complexity index is 389. The van der Waals surface area contributed by atoms with E-state index in [0.29, 0.717) is 23.7 Å². The zero-order valence-electron chi connectivity index (χ0n) is 12.0. The number of aliphatic hydroxyl groups excluding tert-OH is 1. The largest absolute Gasteiger partial charge is 0.493 e. The van der Waals surface area contributed by atoms with Gasteiger partial charge in [-0.25, -0.2) is 0 Å². The Balaban J connectivity index is 3.24. The second kappa shape index (κ2) is 7.86. The molecule has 19 heavy (non-hydrogen) atoms. The number of nitrogens with one attached hydrogen (secondary N) is 1. The van der Waals surface area contributed by atoms with Gasteiger partial charge in [0.15, 0.2) is 11.5 Å². The van der Waals surface area contributed by atoms with Crippen LogP contribution in [0.2, 0.25) is 0 Å². The molecule has 1 aromatic rings. The standard InChI is InChI=1S/C14H23NO4/c1-5-15-11(8-9-16)10-6-7-12(17-2)14(19-4)13(10)18-3/h6-7,11,15-16H,5,8-9H2,1-4H3. The first kappa shape index (κ1) is 15.6. The fourth-order valence-corrected chi connectivity index (χ4v) is 2.14. The molecule has 5 nitrogen and oxygen atoms in total. The summed E-state index contributed by atoms with van der Waals surface area (Å²) >= 11 is 0. The van der Waals surface area contributed by atoms with E-state index in [1.807, 2.05) is 19.1 Å². The number of hydrogen-bond donors (Lipinski definition) is 2. The predicted octanol–water partition coefficient (Wildman–Crippen LogP) is 1.75. The zero-order valence-corrected chi connectivity index (χ0v) is 12.0. The minimum absolute atomic E-state index is 0.0183. The van der Waals surface area contributed by atoms with Crippen LogP contribution in [0.15, 0.2) is 12.1 Å². The van der Waals surface area contributed by atoms with Crippen molar-refractivity contribution in [3.05, 3.63) is 17.7 Å². The lowest BCUT2D eigenvalue weighted by molar-refractivity contribution is 0.262. The van der Waals surface area contributed by atoms with E-state index >= 15 is 0 Å². The lowest BCUT2D eigenvalue weighted by Crippen LogP contribution is -2.22. The highest BCUT2D eigenvalue weighted by Crippen LogP contribution is 2.42. The fraction of sp³-hybridized carbons (Fsp3) is 0.571. The first-order chi connectivity index (χ1) is 9.23. The van der Waals surface area contributed by atoms with Crippen molar-refractivity contribution in [1.82, 2.24) is 5.32 Å². The van der Waals surface area contributed by atoms with E-state index in [4.69, 9.17) is 14.2 Å². The molecule has 0 aromatic heterocycles. The van der Waals surface area contributed by atoms with Gasteiger partial charge in [0.2, 0.25) is 5.75 Å². The van der Waals surface area contributed by atoms with Crippen molar-refractivity contribution in [2.45, 2.75) is 19.4 Å². The fourth-order valence-electron chi connectivity index (χ4n) is 2.14. The van der Waals surface area contributed by atoms with E-state index in [1.165, 1.54) is 0 Å².